The van der Waals surface area contributed by atoms with Crippen molar-refractivity contribution in [2.75, 3.05) is 11.9 Å². The summed E-state index contributed by atoms with van der Waals surface area (Å²) >= 11 is 7.43. The molecule has 0 bridgehead atoms. The fraction of sp³-hybridized carbons (Fsp3) is 0.190. The fourth-order valence-electron chi connectivity index (χ4n) is 2.54. The number of anilines is 1. The lowest BCUT2D eigenvalue weighted by Gasteiger charge is -2.06. The maximum atomic E-state index is 12.0. The van der Waals surface area contributed by atoms with Crippen molar-refractivity contribution in [2.45, 2.75) is 19.8 Å². The summed E-state index contributed by atoms with van der Waals surface area (Å²) in [5, 5.41) is 8.75. The van der Waals surface area contributed by atoms with E-state index < -0.39 is 11.8 Å². The fourth-order valence-corrected chi connectivity index (χ4v) is 3.53. The molecule has 0 radical (unpaired) electrons. The minimum atomic E-state index is -0.677. The molecule has 144 valence electrons. The molecular weight excluding hydrogens is 394 g/mol. The Labute approximate surface area is 172 Å². The van der Waals surface area contributed by atoms with Gasteiger partial charge in [-0.05, 0) is 36.2 Å². The number of nitrogens with zero attached hydrogens (tertiary/aromatic N) is 1. The van der Waals surface area contributed by atoms with Gasteiger partial charge in [0.05, 0.1) is 5.69 Å². The van der Waals surface area contributed by atoms with E-state index in [4.69, 9.17) is 11.6 Å². The topological polar surface area (TPSA) is 71.1 Å². The number of nitrogens with one attached hydrogen (secondary N) is 2. The van der Waals surface area contributed by atoms with Crippen LogP contribution in [0.4, 0.5) is 5.69 Å². The van der Waals surface area contributed by atoms with Gasteiger partial charge in [0, 0.05) is 34.6 Å². The number of carbonyl (C=O) groups excluding carboxylic acids is 2. The summed E-state index contributed by atoms with van der Waals surface area (Å²) in [4.78, 5) is 28.5. The average molecular weight is 414 g/mol. The Kier molecular flexibility index (Phi) is 6.79. The summed E-state index contributed by atoms with van der Waals surface area (Å²) in [5.41, 5.74) is 3.64. The Morgan fingerprint density at radius 3 is 2.43 bits per heavy atom. The predicted octanol–water partition coefficient (Wildman–Crippen LogP) is 4.32. The van der Waals surface area contributed by atoms with E-state index in [0.29, 0.717) is 23.7 Å². The molecule has 0 fully saturated rings. The minimum Gasteiger partial charge on any atom is -0.347 e. The highest BCUT2D eigenvalue weighted by Crippen LogP contribution is 2.25. The van der Waals surface area contributed by atoms with E-state index in [1.807, 2.05) is 41.8 Å². The first kappa shape index (κ1) is 20.0. The van der Waals surface area contributed by atoms with Gasteiger partial charge in [0.15, 0.2) is 0 Å². The molecule has 2 N–H and O–H groups in total. The molecule has 3 rings (SSSR count). The van der Waals surface area contributed by atoms with Crippen molar-refractivity contribution >= 4 is 40.4 Å². The van der Waals surface area contributed by atoms with Crippen LogP contribution >= 0.6 is 22.9 Å². The number of hydrogen-bond acceptors (Lipinski definition) is 4. The highest BCUT2D eigenvalue weighted by Gasteiger charge is 2.13. The molecule has 0 saturated carbocycles. The van der Waals surface area contributed by atoms with Crippen LogP contribution in [0.3, 0.4) is 0 Å². The zero-order chi connectivity index (χ0) is 19.9. The molecule has 2 aromatic carbocycles. The van der Waals surface area contributed by atoms with Crippen LogP contribution in [-0.4, -0.2) is 23.3 Å². The van der Waals surface area contributed by atoms with Gasteiger partial charge in [0.2, 0.25) is 0 Å². The van der Waals surface area contributed by atoms with Crippen LogP contribution in [0, 0.1) is 0 Å². The number of amides is 2. The highest BCUT2D eigenvalue weighted by atomic mass is 35.5. The second-order valence-electron chi connectivity index (χ2n) is 6.16. The lowest BCUT2D eigenvalue weighted by atomic mass is 10.1. The third kappa shape index (κ3) is 5.41. The van der Waals surface area contributed by atoms with E-state index in [1.165, 1.54) is 16.9 Å². The molecule has 0 aliphatic carbocycles. The van der Waals surface area contributed by atoms with Gasteiger partial charge in [-0.2, -0.15) is 0 Å². The maximum Gasteiger partial charge on any atom is 0.313 e. The van der Waals surface area contributed by atoms with Crippen molar-refractivity contribution in [1.29, 1.82) is 0 Å². The van der Waals surface area contributed by atoms with E-state index in [9.17, 15) is 9.59 Å². The standard InChI is InChI=1S/C21H20ClN3O2S/c1-2-14-3-9-17(10-4-14)24-20(27)19(26)23-12-11-18-13-28-21(25-18)15-5-7-16(22)8-6-15/h3-10,13H,2,11-12H2,1H3,(H,23,26)(H,24,27). The van der Waals surface area contributed by atoms with Crippen LogP contribution in [0.5, 0.6) is 0 Å². The van der Waals surface area contributed by atoms with Crippen molar-refractivity contribution in [3.8, 4) is 10.6 Å². The first-order chi connectivity index (χ1) is 13.5. The van der Waals surface area contributed by atoms with Gasteiger partial charge in [-0.3, -0.25) is 9.59 Å². The molecule has 2 amide bonds. The quantitative estimate of drug-likeness (QED) is 0.591. The normalized spacial score (nSPS) is 10.5. The summed E-state index contributed by atoms with van der Waals surface area (Å²) in [6, 6.07) is 14.9. The number of carbonyl (C=O) groups is 2. The Hall–Kier alpha value is -2.70. The lowest BCUT2D eigenvalue weighted by molar-refractivity contribution is -0.136. The van der Waals surface area contributed by atoms with E-state index in [0.717, 1.165) is 22.7 Å². The SMILES string of the molecule is CCc1ccc(NC(=O)C(=O)NCCc2csc(-c3ccc(Cl)cc3)n2)cc1. The van der Waals surface area contributed by atoms with Gasteiger partial charge >= 0.3 is 11.8 Å². The lowest BCUT2D eigenvalue weighted by Crippen LogP contribution is -2.36. The van der Waals surface area contributed by atoms with Crippen LogP contribution < -0.4 is 10.6 Å². The van der Waals surface area contributed by atoms with E-state index >= 15 is 0 Å². The molecule has 0 atom stereocenters. The van der Waals surface area contributed by atoms with Gasteiger partial charge in [-0.25, -0.2) is 4.98 Å². The first-order valence-corrected chi connectivity index (χ1v) is 10.2. The molecule has 3 aromatic rings. The van der Waals surface area contributed by atoms with Crippen molar-refractivity contribution in [1.82, 2.24) is 10.3 Å². The van der Waals surface area contributed by atoms with E-state index in [-0.39, 0.29) is 0 Å². The molecule has 7 heteroatoms. The zero-order valence-electron chi connectivity index (χ0n) is 15.4. The molecule has 0 aliphatic rings. The number of aromatic nitrogens is 1. The number of hydrogen-bond donors (Lipinski definition) is 2. The van der Waals surface area contributed by atoms with Crippen molar-refractivity contribution in [3.63, 3.8) is 0 Å². The van der Waals surface area contributed by atoms with Crippen molar-refractivity contribution < 1.29 is 9.59 Å². The molecule has 28 heavy (non-hydrogen) atoms. The molecule has 0 spiro atoms. The van der Waals surface area contributed by atoms with Crippen molar-refractivity contribution in [3.05, 3.63) is 70.2 Å². The molecule has 5 nitrogen and oxygen atoms in total. The van der Waals surface area contributed by atoms with Gasteiger partial charge in [0.25, 0.3) is 0 Å². The summed E-state index contributed by atoms with van der Waals surface area (Å²) in [5.74, 6) is -1.34. The molecule has 0 aliphatic heterocycles. The Morgan fingerprint density at radius 2 is 1.75 bits per heavy atom. The second kappa shape index (κ2) is 9.48. The summed E-state index contributed by atoms with van der Waals surface area (Å²) < 4.78 is 0. The van der Waals surface area contributed by atoms with Crippen LogP contribution in [0.1, 0.15) is 18.2 Å². The maximum absolute atomic E-state index is 12.0. The monoisotopic (exact) mass is 413 g/mol. The van der Waals surface area contributed by atoms with Crippen LogP contribution in [-0.2, 0) is 22.4 Å². The largest absolute Gasteiger partial charge is 0.347 e. The zero-order valence-corrected chi connectivity index (χ0v) is 16.9. The summed E-state index contributed by atoms with van der Waals surface area (Å²) in [6.45, 7) is 2.40. The summed E-state index contributed by atoms with van der Waals surface area (Å²) in [6.07, 6.45) is 1.47. The number of rotatable bonds is 6. The molecule has 1 aromatic heterocycles. The predicted molar refractivity (Wildman–Crippen MR) is 114 cm³/mol. The Balaban J connectivity index is 1.47. The Bertz CT molecular complexity index is 953. The second-order valence-corrected chi connectivity index (χ2v) is 7.46. The van der Waals surface area contributed by atoms with Crippen LogP contribution in [0.15, 0.2) is 53.9 Å². The van der Waals surface area contributed by atoms with E-state index in [1.54, 1.807) is 12.1 Å². The molecule has 0 unspecified atom stereocenters. The van der Waals surface area contributed by atoms with E-state index in [2.05, 4.69) is 22.5 Å². The van der Waals surface area contributed by atoms with Gasteiger partial charge in [0.1, 0.15) is 5.01 Å². The van der Waals surface area contributed by atoms with Gasteiger partial charge in [-0.1, -0.05) is 42.8 Å². The average Bonchev–Trinajstić information content (AvgIpc) is 3.18. The number of halogens is 1. The van der Waals surface area contributed by atoms with Crippen molar-refractivity contribution in [2.24, 2.45) is 0 Å². The number of thiazole rings is 1. The van der Waals surface area contributed by atoms with Gasteiger partial charge in [-0.15, -0.1) is 11.3 Å². The van der Waals surface area contributed by atoms with Crippen LogP contribution in [0.2, 0.25) is 5.02 Å². The van der Waals surface area contributed by atoms with Gasteiger partial charge < -0.3 is 10.6 Å². The Morgan fingerprint density at radius 1 is 1.04 bits per heavy atom. The third-order valence-electron chi connectivity index (χ3n) is 4.14. The summed E-state index contributed by atoms with van der Waals surface area (Å²) in [7, 11) is 0. The number of benzene rings is 2. The first-order valence-electron chi connectivity index (χ1n) is 8.93. The molecule has 0 saturated heterocycles. The highest BCUT2D eigenvalue weighted by molar-refractivity contribution is 7.13. The smallest absolute Gasteiger partial charge is 0.313 e. The molecular formula is C21H20ClN3O2S. The molecule has 1 heterocycles. The van der Waals surface area contributed by atoms with Crippen LogP contribution in [0.25, 0.3) is 10.6 Å². The minimum absolute atomic E-state index is 0.338. The number of aryl methyl sites for hydroxylation is 1. The third-order valence-corrected chi connectivity index (χ3v) is 5.33.